The van der Waals surface area contributed by atoms with Gasteiger partial charge in [-0.15, -0.1) is 11.8 Å². The summed E-state index contributed by atoms with van der Waals surface area (Å²) in [4.78, 5) is 35.0. The Hall–Kier alpha value is -2.81. The Kier molecular flexibility index (Phi) is 7.42. The molecule has 0 fully saturated rings. The average molecular weight is 390 g/mol. The SMILES string of the molecule is CC(=O)Nc1cccc(C(C)NC(=O)CSCC(=O)Nc2cc(C)on2)c1. The molecule has 1 unspecified atom stereocenters. The van der Waals surface area contributed by atoms with Crippen molar-refractivity contribution in [2.24, 2.45) is 0 Å². The van der Waals surface area contributed by atoms with Crippen molar-refractivity contribution in [1.29, 1.82) is 0 Å². The van der Waals surface area contributed by atoms with Gasteiger partial charge >= 0.3 is 0 Å². The van der Waals surface area contributed by atoms with Crippen LogP contribution in [-0.2, 0) is 14.4 Å². The summed E-state index contributed by atoms with van der Waals surface area (Å²) in [5, 5.41) is 11.9. The molecule has 1 heterocycles. The molecule has 0 spiro atoms. The maximum Gasteiger partial charge on any atom is 0.235 e. The number of amides is 3. The predicted octanol–water partition coefficient (Wildman–Crippen LogP) is 2.49. The largest absolute Gasteiger partial charge is 0.360 e. The highest BCUT2D eigenvalue weighted by Gasteiger charge is 2.12. The lowest BCUT2D eigenvalue weighted by Crippen LogP contribution is -2.29. The molecule has 0 bridgehead atoms. The highest BCUT2D eigenvalue weighted by atomic mass is 32.2. The van der Waals surface area contributed by atoms with E-state index < -0.39 is 0 Å². The van der Waals surface area contributed by atoms with Crippen LogP contribution < -0.4 is 16.0 Å². The van der Waals surface area contributed by atoms with Crippen molar-refractivity contribution < 1.29 is 18.9 Å². The number of rotatable bonds is 8. The second-order valence-corrected chi connectivity index (χ2v) is 6.95. The second-order valence-electron chi connectivity index (χ2n) is 5.96. The molecule has 1 atom stereocenters. The number of carbonyl (C=O) groups excluding carboxylic acids is 3. The molecule has 1 aromatic carbocycles. The molecule has 27 heavy (non-hydrogen) atoms. The van der Waals surface area contributed by atoms with Gasteiger partial charge in [0.25, 0.3) is 0 Å². The fourth-order valence-electron chi connectivity index (χ4n) is 2.30. The van der Waals surface area contributed by atoms with Gasteiger partial charge in [-0.05, 0) is 31.5 Å². The fraction of sp³-hybridized carbons (Fsp3) is 0.333. The molecule has 3 N–H and O–H groups in total. The van der Waals surface area contributed by atoms with Gasteiger partial charge < -0.3 is 20.5 Å². The number of benzene rings is 1. The number of thioether (sulfide) groups is 1. The Balaban J connectivity index is 1.74. The van der Waals surface area contributed by atoms with Crippen molar-refractivity contribution in [3.63, 3.8) is 0 Å². The van der Waals surface area contributed by atoms with Crippen molar-refractivity contribution >= 4 is 41.0 Å². The number of nitrogens with one attached hydrogen (secondary N) is 3. The van der Waals surface area contributed by atoms with E-state index in [0.717, 1.165) is 5.56 Å². The minimum Gasteiger partial charge on any atom is -0.360 e. The van der Waals surface area contributed by atoms with Gasteiger partial charge in [0.2, 0.25) is 17.7 Å². The number of carbonyl (C=O) groups is 3. The average Bonchev–Trinajstić information content (AvgIpc) is 2.99. The maximum atomic E-state index is 12.1. The molecule has 0 aliphatic rings. The summed E-state index contributed by atoms with van der Waals surface area (Å²) < 4.78 is 4.86. The van der Waals surface area contributed by atoms with Crippen LogP contribution in [0, 0.1) is 6.92 Å². The zero-order valence-electron chi connectivity index (χ0n) is 15.4. The van der Waals surface area contributed by atoms with Gasteiger partial charge in [-0.25, -0.2) is 0 Å². The zero-order chi connectivity index (χ0) is 19.8. The van der Waals surface area contributed by atoms with E-state index in [1.807, 2.05) is 25.1 Å². The molecule has 0 saturated heterocycles. The first-order valence-electron chi connectivity index (χ1n) is 8.31. The van der Waals surface area contributed by atoms with Crippen LogP contribution in [0.3, 0.4) is 0 Å². The summed E-state index contributed by atoms with van der Waals surface area (Å²) in [6, 6.07) is 8.67. The lowest BCUT2D eigenvalue weighted by Gasteiger charge is -2.15. The number of aryl methyl sites for hydroxylation is 1. The van der Waals surface area contributed by atoms with Crippen molar-refractivity contribution in [2.75, 3.05) is 22.1 Å². The van der Waals surface area contributed by atoms with Crippen molar-refractivity contribution in [1.82, 2.24) is 10.5 Å². The Morgan fingerprint density at radius 1 is 1.15 bits per heavy atom. The lowest BCUT2D eigenvalue weighted by atomic mass is 10.1. The molecule has 3 amide bonds. The molecule has 144 valence electrons. The lowest BCUT2D eigenvalue weighted by molar-refractivity contribution is -0.119. The standard InChI is InChI=1S/C18H22N4O4S/c1-11-7-16(22-26-11)21-18(25)10-27-9-17(24)19-12(2)14-5-4-6-15(8-14)20-13(3)23/h4-8,12H,9-10H2,1-3H3,(H,19,24)(H,20,23)(H,21,22,25). The molecule has 0 radical (unpaired) electrons. The predicted molar refractivity (Wildman–Crippen MR) is 104 cm³/mol. The van der Waals surface area contributed by atoms with Crippen LogP contribution in [0.15, 0.2) is 34.9 Å². The third kappa shape index (κ3) is 7.14. The molecule has 9 heteroatoms. The van der Waals surface area contributed by atoms with E-state index in [0.29, 0.717) is 17.3 Å². The number of aromatic nitrogens is 1. The Bertz CT molecular complexity index is 821. The first-order chi connectivity index (χ1) is 12.8. The van der Waals surface area contributed by atoms with Crippen LogP contribution >= 0.6 is 11.8 Å². The topological polar surface area (TPSA) is 113 Å². The van der Waals surface area contributed by atoms with Gasteiger partial charge in [0.05, 0.1) is 17.5 Å². The minimum atomic E-state index is -0.253. The van der Waals surface area contributed by atoms with E-state index in [4.69, 9.17) is 4.52 Å². The van der Waals surface area contributed by atoms with Crippen molar-refractivity contribution in [3.05, 3.63) is 41.7 Å². The van der Waals surface area contributed by atoms with Gasteiger partial charge in [-0.3, -0.25) is 14.4 Å². The van der Waals surface area contributed by atoms with Crippen LogP contribution in [0.5, 0.6) is 0 Å². The van der Waals surface area contributed by atoms with Gasteiger partial charge in [0, 0.05) is 18.7 Å². The molecule has 1 aromatic heterocycles. The molecule has 2 aromatic rings. The van der Waals surface area contributed by atoms with E-state index >= 15 is 0 Å². The normalized spacial score (nSPS) is 11.5. The van der Waals surface area contributed by atoms with E-state index in [2.05, 4.69) is 21.1 Å². The van der Waals surface area contributed by atoms with Crippen LogP contribution in [-0.4, -0.2) is 34.4 Å². The number of hydrogen-bond acceptors (Lipinski definition) is 6. The Labute approximate surface area is 161 Å². The number of anilines is 2. The smallest absolute Gasteiger partial charge is 0.235 e. The van der Waals surface area contributed by atoms with Gasteiger partial charge in [-0.1, -0.05) is 17.3 Å². The third-order valence-corrected chi connectivity index (χ3v) is 4.38. The van der Waals surface area contributed by atoms with E-state index in [1.165, 1.54) is 18.7 Å². The molecule has 0 aliphatic heterocycles. The quantitative estimate of drug-likeness (QED) is 0.638. The van der Waals surface area contributed by atoms with Crippen molar-refractivity contribution in [2.45, 2.75) is 26.8 Å². The second kappa shape index (κ2) is 9.77. The summed E-state index contributed by atoms with van der Waals surface area (Å²) >= 11 is 1.20. The van der Waals surface area contributed by atoms with Crippen molar-refractivity contribution in [3.8, 4) is 0 Å². The monoisotopic (exact) mass is 390 g/mol. The summed E-state index contributed by atoms with van der Waals surface area (Å²) in [7, 11) is 0. The summed E-state index contributed by atoms with van der Waals surface area (Å²) in [6.07, 6.45) is 0. The molecular formula is C18H22N4O4S. The molecular weight excluding hydrogens is 368 g/mol. The maximum absolute atomic E-state index is 12.1. The Morgan fingerprint density at radius 3 is 2.56 bits per heavy atom. The van der Waals surface area contributed by atoms with E-state index in [9.17, 15) is 14.4 Å². The highest BCUT2D eigenvalue weighted by molar-refractivity contribution is 8.00. The van der Waals surface area contributed by atoms with Crippen LogP contribution in [0.25, 0.3) is 0 Å². The number of hydrogen-bond donors (Lipinski definition) is 3. The van der Waals surface area contributed by atoms with Gasteiger partial charge in [-0.2, -0.15) is 0 Å². The van der Waals surface area contributed by atoms with Crippen LogP contribution in [0.2, 0.25) is 0 Å². The molecule has 0 saturated carbocycles. The van der Waals surface area contributed by atoms with E-state index in [1.54, 1.807) is 19.1 Å². The number of nitrogens with zero attached hydrogens (tertiary/aromatic N) is 1. The third-order valence-electron chi connectivity index (χ3n) is 3.45. The Morgan fingerprint density at radius 2 is 1.89 bits per heavy atom. The molecule has 8 nitrogen and oxygen atoms in total. The minimum absolute atomic E-state index is 0.131. The van der Waals surface area contributed by atoms with Gasteiger partial charge in [0.1, 0.15) is 5.76 Å². The summed E-state index contributed by atoms with van der Waals surface area (Å²) in [5.41, 5.74) is 1.55. The zero-order valence-corrected chi connectivity index (χ0v) is 16.2. The summed E-state index contributed by atoms with van der Waals surface area (Å²) in [5.74, 6) is 0.662. The van der Waals surface area contributed by atoms with Crippen LogP contribution in [0.1, 0.15) is 31.2 Å². The highest BCUT2D eigenvalue weighted by Crippen LogP contribution is 2.17. The first kappa shape index (κ1) is 20.5. The van der Waals surface area contributed by atoms with Gasteiger partial charge in [0.15, 0.2) is 5.82 Å². The summed E-state index contributed by atoms with van der Waals surface area (Å²) in [6.45, 7) is 5.03. The molecule has 0 aliphatic carbocycles. The fourth-order valence-corrected chi connectivity index (χ4v) is 2.92. The first-order valence-corrected chi connectivity index (χ1v) is 9.47. The van der Waals surface area contributed by atoms with E-state index in [-0.39, 0.29) is 35.3 Å². The van der Waals surface area contributed by atoms with Crippen LogP contribution in [0.4, 0.5) is 11.5 Å². The molecule has 2 rings (SSSR count).